The number of imidazole rings is 1. The zero-order valence-electron chi connectivity index (χ0n) is 12.5. The highest BCUT2D eigenvalue weighted by molar-refractivity contribution is 5.40. The lowest BCUT2D eigenvalue weighted by molar-refractivity contribution is 0.389. The number of H-pyrrole nitrogens is 1. The van der Waals surface area contributed by atoms with E-state index in [0.29, 0.717) is 5.92 Å². The lowest BCUT2D eigenvalue weighted by Crippen LogP contribution is -2.14. The number of benzene rings is 1. The fourth-order valence-electron chi connectivity index (χ4n) is 2.50. The van der Waals surface area contributed by atoms with Crippen LogP contribution in [0.4, 0.5) is 0 Å². The molecule has 1 aliphatic rings. The van der Waals surface area contributed by atoms with Crippen molar-refractivity contribution >= 4 is 0 Å². The minimum absolute atomic E-state index is 0.670. The predicted molar refractivity (Wildman–Crippen MR) is 80.7 cm³/mol. The van der Waals surface area contributed by atoms with Crippen molar-refractivity contribution in [2.75, 3.05) is 14.2 Å². The molecule has 0 unspecified atom stereocenters. The average Bonchev–Trinajstić information content (AvgIpc) is 3.26. The highest BCUT2D eigenvalue weighted by atomic mass is 16.5. The number of nitrogens with zero attached hydrogens (tertiary/aromatic N) is 1. The van der Waals surface area contributed by atoms with E-state index >= 15 is 0 Å². The Labute approximate surface area is 124 Å². The van der Waals surface area contributed by atoms with Gasteiger partial charge in [0.1, 0.15) is 11.5 Å². The first-order valence-electron chi connectivity index (χ1n) is 7.25. The normalized spacial score (nSPS) is 14.2. The van der Waals surface area contributed by atoms with E-state index in [-0.39, 0.29) is 0 Å². The van der Waals surface area contributed by atoms with Crippen molar-refractivity contribution in [2.45, 2.75) is 31.8 Å². The van der Waals surface area contributed by atoms with E-state index in [0.717, 1.165) is 30.2 Å². The van der Waals surface area contributed by atoms with Gasteiger partial charge in [-0.3, -0.25) is 0 Å². The van der Waals surface area contributed by atoms with Gasteiger partial charge in [0.25, 0.3) is 0 Å². The standard InChI is InChI=1S/C16H21N3O2/c1-20-13-6-5-12(15(7-13)21-2)8-17-9-14-16(11-3-4-11)19-10-18-14/h5-7,10-11,17H,3-4,8-9H2,1-2H3,(H,18,19). The number of ether oxygens (including phenoxy) is 2. The van der Waals surface area contributed by atoms with Crippen LogP contribution in [0, 0.1) is 0 Å². The molecule has 2 aromatic rings. The van der Waals surface area contributed by atoms with E-state index in [1.165, 1.54) is 24.2 Å². The molecular weight excluding hydrogens is 266 g/mol. The molecule has 1 aliphatic carbocycles. The Kier molecular flexibility index (Phi) is 4.10. The van der Waals surface area contributed by atoms with Crippen LogP contribution in [0.25, 0.3) is 0 Å². The van der Waals surface area contributed by atoms with Crippen LogP contribution >= 0.6 is 0 Å². The van der Waals surface area contributed by atoms with Crippen molar-refractivity contribution in [1.82, 2.24) is 15.3 Å². The molecule has 0 atom stereocenters. The van der Waals surface area contributed by atoms with Gasteiger partial charge in [0.05, 0.1) is 31.9 Å². The average molecular weight is 287 g/mol. The van der Waals surface area contributed by atoms with Gasteiger partial charge in [-0.2, -0.15) is 0 Å². The minimum atomic E-state index is 0.670. The Morgan fingerprint density at radius 1 is 1.24 bits per heavy atom. The number of hydrogen-bond acceptors (Lipinski definition) is 4. The van der Waals surface area contributed by atoms with Gasteiger partial charge < -0.3 is 19.8 Å². The molecule has 0 bridgehead atoms. The second kappa shape index (κ2) is 6.18. The first kappa shape index (κ1) is 13.9. The van der Waals surface area contributed by atoms with Gasteiger partial charge in [0, 0.05) is 30.6 Å². The zero-order chi connectivity index (χ0) is 14.7. The topological polar surface area (TPSA) is 59.2 Å². The van der Waals surface area contributed by atoms with Crippen LogP contribution in [0.3, 0.4) is 0 Å². The van der Waals surface area contributed by atoms with Gasteiger partial charge >= 0.3 is 0 Å². The Bertz CT molecular complexity index is 605. The number of methoxy groups -OCH3 is 2. The van der Waals surface area contributed by atoms with Crippen molar-refractivity contribution in [1.29, 1.82) is 0 Å². The highest BCUT2D eigenvalue weighted by Gasteiger charge is 2.27. The lowest BCUT2D eigenvalue weighted by atomic mass is 10.2. The van der Waals surface area contributed by atoms with Gasteiger partial charge in [-0.15, -0.1) is 0 Å². The predicted octanol–water partition coefficient (Wildman–Crippen LogP) is 2.59. The number of aromatic amines is 1. The summed E-state index contributed by atoms with van der Waals surface area (Å²) in [7, 11) is 3.34. The van der Waals surface area contributed by atoms with E-state index in [4.69, 9.17) is 9.47 Å². The first-order valence-corrected chi connectivity index (χ1v) is 7.25. The van der Waals surface area contributed by atoms with Crippen LogP contribution in [0.1, 0.15) is 35.7 Å². The van der Waals surface area contributed by atoms with Crippen LogP contribution in [0.2, 0.25) is 0 Å². The Morgan fingerprint density at radius 2 is 2.10 bits per heavy atom. The minimum Gasteiger partial charge on any atom is -0.497 e. The molecule has 0 radical (unpaired) electrons. The van der Waals surface area contributed by atoms with E-state index < -0.39 is 0 Å². The molecule has 0 aliphatic heterocycles. The molecule has 112 valence electrons. The molecule has 21 heavy (non-hydrogen) atoms. The third-order valence-corrected chi connectivity index (χ3v) is 3.83. The molecule has 0 amide bonds. The lowest BCUT2D eigenvalue weighted by Gasteiger charge is -2.11. The van der Waals surface area contributed by atoms with Crippen LogP contribution in [0.15, 0.2) is 24.5 Å². The van der Waals surface area contributed by atoms with Crippen LogP contribution in [-0.4, -0.2) is 24.2 Å². The van der Waals surface area contributed by atoms with E-state index in [1.807, 2.05) is 18.2 Å². The molecule has 1 heterocycles. The maximum absolute atomic E-state index is 5.41. The number of hydrogen-bond donors (Lipinski definition) is 2. The van der Waals surface area contributed by atoms with Gasteiger partial charge in [0.15, 0.2) is 0 Å². The molecule has 1 saturated carbocycles. The van der Waals surface area contributed by atoms with Gasteiger partial charge in [-0.25, -0.2) is 4.98 Å². The summed E-state index contributed by atoms with van der Waals surface area (Å²) in [5.74, 6) is 2.32. The summed E-state index contributed by atoms with van der Waals surface area (Å²) in [6, 6.07) is 5.88. The highest BCUT2D eigenvalue weighted by Crippen LogP contribution is 2.40. The summed E-state index contributed by atoms with van der Waals surface area (Å²) in [5.41, 5.74) is 3.54. The van der Waals surface area contributed by atoms with Crippen LogP contribution in [0.5, 0.6) is 11.5 Å². The number of nitrogens with one attached hydrogen (secondary N) is 2. The number of rotatable bonds is 7. The third kappa shape index (κ3) is 3.19. The maximum atomic E-state index is 5.41. The molecule has 5 nitrogen and oxygen atoms in total. The summed E-state index contributed by atoms with van der Waals surface area (Å²) in [6.45, 7) is 1.54. The SMILES string of the molecule is COc1ccc(CNCc2[nH]cnc2C2CC2)c(OC)c1. The van der Waals surface area contributed by atoms with Gasteiger partial charge in [-0.05, 0) is 18.9 Å². The van der Waals surface area contributed by atoms with Gasteiger partial charge in [-0.1, -0.05) is 6.07 Å². The van der Waals surface area contributed by atoms with Crippen molar-refractivity contribution in [3.63, 3.8) is 0 Å². The molecule has 1 fully saturated rings. The molecule has 0 spiro atoms. The number of aromatic nitrogens is 2. The van der Waals surface area contributed by atoms with E-state index in [9.17, 15) is 0 Å². The Hall–Kier alpha value is -2.01. The third-order valence-electron chi connectivity index (χ3n) is 3.83. The second-order valence-corrected chi connectivity index (χ2v) is 5.32. The molecule has 0 saturated heterocycles. The quantitative estimate of drug-likeness (QED) is 0.822. The molecule has 5 heteroatoms. The molecule has 3 rings (SSSR count). The van der Waals surface area contributed by atoms with E-state index in [2.05, 4.69) is 15.3 Å². The van der Waals surface area contributed by atoms with Gasteiger partial charge in [0.2, 0.25) is 0 Å². The summed E-state index contributed by atoms with van der Waals surface area (Å²) in [4.78, 5) is 7.66. The van der Waals surface area contributed by atoms with Crippen molar-refractivity contribution in [3.05, 3.63) is 41.5 Å². The molecule has 2 N–H and O–H groups in total. The Morgan fingerprint density at radius 3 is 2.81 bits per heavy atom. The maximum Gasteiger partial charge on any atom is 0.127 e. The fourth-order valence-corrected chi connectivity index (χ4v) is 2.50. The van der Waals surface area contributed by atoms with Crippen molar-refractivity contribution in [2.24, 2.45) is 0 Å². The zero-order valence-corrected chi connectivity index (χ0v) is 12.5. The summed E-state index contributed by atoms with van der Waals surface area (Å²) in [6.07, 6.45) is 4.33. The summed E-state index contributed by atoms with van der Waals surface area (Å²) >= 11 is 0. The smallest absolute Gasteiger partial charge is 0.127 e. The van der Waals surface area contributed by atoms with Crippen LogP contribution in [-0.2, 0) is 13.1 Å². The molecular formula is C16H21N3O2. The second-order valence-electron chi connectivity index (χ2n) is 5.32. The first-order chi connectivity index (χ1) is 10.3. The van der Waals surface area contributed by atoms with Crippen LogP contribution < -0.4 is 14.8 Å². The van der Waals surface area contributed by atoms with E-state index in [1.54, 1.807) is 20.5 Å². The molecule has 1 aromatic carbocycles. The largest absolute Gasteiger partial charge is 0.497 e. The summed E-state index contributed by atoms with van der Waals surface area (Å²) < 4.78 is 10.6. The monoisotopic (exact) mass is 287 g/mol. The summed E-state index contributed by atoms with van der Waals surface area (Å²) in [5, 5.41) is 3.45. The Balaban J connectivity index is 1.61. The van der Waals surface area contributed by atoms with Crippen molar-refractivity contribution < 1.29 is 9.47 Å². The van der Waals surface area contributed by atoms with Crippen molar-refractivity contribution in [3.8, 4) is 11.5 Å². The fraction of sp³-hybridized carbons (Fsp3) is 0.438. The molecule has 1 aromatic heterocycles.